The zero-order valence-corrected chi connectivity index (χ0v) is 12.4. The monoisotopic (exact) mass is 284 g/mol. The molecule has 0 saturated carbocycles. The summed E-state index contributed by atoms with van der Waals surface area (Å²) in [4.78, 5) is 15.5. The summed E-state index contributed by atoms with van der Waals surface area (Å²) in [6.45, 7) is 5.48. The van der Waals surface area contributed by atoms with E-state index in [-0.39, 0.29) is 23.5 Å². The Morgan fingerprint density at radius 3 is 2.63 bits per heavy atom. The summed E-state index contributed by atoms with van der Waals surface area (Å²) < 4.78 is 0. The van der Waals surface area contributed by atoms with E-state index in [0.717, 1.165) is 5.69 Å². The summed E-state index contributed by atoms with van der Waals surface area (Å²) in [5, 5.41) is 21.7. The Kier molecular flexibility index (Phi) is 5.62. The summed E-state index contributed by atoms with van der Waals surface area (Å²) in [6.07, 6.45) is 1.92. The molecule has 0 spiro atoms. The molecule has 0 amide bonds. The summed E-state index contributed by atoms with van der Waals surface area (Å²) in [5.74, 6) is -0.996. The summed E-state index contributed by atoms with van der Waals surface area (Å²) >= 11 is 1.54. The minimum Gasteiger partial charge on any atom is -0.478 e. The van der Waals surface area contributed by atoms with Crippen LogP contribution in [0.4, 0.5) is 5.69 Å². The Labute approximate surface area is 117 Å². The SMILES string of the molecule is CSC(CO)C(C)Nc1cc(C)nc(C)c1C(=O)O. The van der Waals surface area contributed by atoms with E-state index in [0.29, 0.717) is 11.4 Å². The molecule has 0 saturated heterocycles. The number of aliphatic hydroxyl groups is 1. The smallest absolute Gasteiger partial charge is 0.339 e. The third-order valence-corrected chi connectivity index (χ3v) is 4.13. The Balaban J connectivity index is 3.09. The Hall–Kier alpha value is -1.27. The van der Waals surface area contributed by atoms with E-state index in [4.69, 9.17) is 0 Å². The van der Waals surface area contributed by atoms with Crippen LogP contribution in [0.3, 0.4) is 0 Å². The van der Waals surface area contributed by atoms with Crippen LogP contribution >= 0.6 is 11.8 Å². The van der Waals surface area contributed by atoms with Crippen molar-refractivity contribution in [1.29, 1.82) is 0 Å². The Morgan fingerprint density at radius 2 is 2.16 bits per heavy atom. The molecule has 1 heterocycles. The number of pyridine rings is 1. The number of aryl methyl sites for hydroxylation is 2. The molecule has 19 heavy (non-hydrogen) atoms. The number of aromatic nitrogens is 1. The lowest BCUT2D eigenvalue weighted by Gasteiger charge is -2.23. The number of hydrogen-bond acceptors (Lipinski definition) is 5. The largest absolute Gasteiger partial charge is 0.478 e. The first-order chi connectivity index (χ1) is 8.90. The van der Waals surface area contributed by atoms with E-state index >= 15 is 0 Å². The molecular weight excluding hydrogens is 264 g/mol. The topological polar surface area (TPSA) is 82.5 Å². The van der Waals surface area contributed by atoms with Crippen molar-refractivity contribution in [2.45, 2.75) is 32.1 Å². The molecule has 5 nitrogen and oxygen atoms in total. The van der Waals surface area contributed by atoms with E-state index in [2.05, 4.69) is 10.3 Å². The third kappa shape index (κ3) is 3.84. The van der Waals surface area contributed by atoms with Crippen LogP contribution in [-0.2, 0) is 0 Å². The van der Waals surface area contributed by atoms with E-state index in [1.807, 2.05) is 20.1 Å². The maximum atomic E-state index is 11.3. The van der Waals surface area contributed by atoms with Gasteiger partial charge in [0.1, 0.15) is 5.56 Å². The molecule has 1 aromatic heterocycles. The van der Waals surface area contributed by atoms with Crippen LogP contribution in [0.15, 0.2) is 6.07 Å². The van der Waals surface area contributed by atoms with Crippen molar-refractivity contribution in [3.8, 4) is 0 Å². The van der Waals surface area contributed by atoms with Crippen LogP contribution in [0.25, 0.3) is 0 Å². The van der Waals surface area contributed by atoms with Crippen LogP contribution in [0.1, 0.15) is 28.7 Å². The van der Waals surface area contributed by atoms with Crippen LogP contribution < -0.4 is 5.32 Å². The highest BCUT2D eigenvalue weighted by molar-refractivity contribution is 7.99. The fourth-order valence-corrected chi connectivity index (χ4v) is 2.61. The highest BCUT2D eigenvalue weighted by atomic mass is 32.2. The number of nitrogens with zero attached hydrogens (tertiary/aromatic N) is 1. The molecule has 0 aliphatic carbocycles. The number of nitrogens with one attached hydrogen (secondary N) is 1. The molecule has 2 unspecified atom stereocenters. The van der Waals surface area contributed by atoms with Gasteiger partial charge < -0.3 is 15.5 Å². The Bertz CT molecular complexity index is 461. The van der Waals surface area contributed by atoms with E-state index in [1.165, 1.54) is 0 Å². The number of anilines is 1. The molecule has 6 heteroatoms. The van der Waals surface area contributed by atoms with Crippen LogP contribution in [0.2, 0.25) is 0 Å². The zero-order chi connectivity index (χ0) is 14.6. The maximum Gasteiger partial charge on any atom is 0.339 e. The van der Waals surface area contributed by atoms with Gasteiger partial charge in [-0.25, -0.2) is 4.79 Å². The van der Waals surface area contributed by atoms with Gasteiger partial charge in [0.05, 0.1) is 18.0 Å². The van der Waals surface area contributed by atoms with E-state index < -0.39 is 5.97 Å². The number of carboxylic acids is 1. The van der Waals surface area contributed by atoms with Crippen molar-refractivity contribution in [2.75, 3.05) is 18.2 Å². The van der Waals surface area contributed by atoms with Crippen molar-refractivity contribution in [2.24, 2.45) is 0 Å². The number of thioether (sulfide) groups is 1. The predicted molar refractivity (Wildman–Crippen MR) is 78.1 cm³/mol. The quantitative estimate of drug-likeness (QED) is 0.740. The van der Waals surface area contributed by atoms with Crippen LogP contribution in [0.5, 0.6) is 0 Å². The highest BCUT2D eigenvalue weighted by Crippen LogP contribution is 2.23. The van der Waals surface area contributed by atoms with Gasteiger partial charge >= 0.3 is 5.97 Å². The molecule has 3 N–H and O–H groups in total. The lowest BCUT2D eigenvalue weighted by atomic mass is 10.1. The molecule has 0 fully saturated rings. The average Bonchev–Trinajstić information content (AvgIpc) is 2.28. The fourth-order valence-electron chi connectivity index (χ4n) is 1.99. The predicted octanol–water partition coefficient (Wildman–Crippen LogP) is 1.92. The van der Waals surface area contributed by atoms with Crippen LogP contribution in [-0.4, -0.2) is 45.3 Å². The molecule has 1 aromatic rings. The first kappa shape index (κ1) is 15.8. The Morgan fingerprint density at radius 1 is 1.53 bits per heavy atom. The van der Waals surface area contributed by atoms with Crippen molar-refractivity contribution in [3.05, 3.63) is 23.0 Å². The first-order valence-electron chi connectivity index (χ1n) is 6.02. The molecule has 0 aliphatic heterocycles. The minimum atomic E-state index is -0.996. The second-order valence-corrected chi connectivity index (χ2v) is 5.54. The number of aliphatic hydroxyl groups excluding tert-OH is 1. The first-order valence-corrected chi connectivity index (χ1v) is 7.31. The fraction of sp³-hybridized carbons (Fsp3) is 0.538. The number of hydrogen-bond donors (Lipinski definition) is 3. The molecule has 0 bridgehead atoms. The van der Waals surface area contributed by atoms with Gasteiger partial charge in [-0.2, -0.15) is 11.8 Å². The summed E-state index contributed by atoms with van der Waals surface area (Å²) in [6, 6.07) is 1.68. The third-order valence-electron chi connectivity index (χ3n) is 2.97. The molecular formula is C13H20N2O3S. The molecule has 1 rings (SSSR count). The van der Waals surface area contributed by atoms with Crippen LogP contribution in [0, 0.1) is 13.8 Å². The van der Waals surface area contributed by atoms with Gasteiger partial charge in [-0.05, 0) is 33.1 Å². The lowest BCUT2D eigenvalue weighted by molar-refractivity contribution is 0.0696. The second kappa shape index (κ2) is 6.77. The molecule has 0 aromatic carbocycles. The van der Waals surface area contributed by atoms with Gasteiger partial charge in [0, 0.05) is 17.0 Å². The van der Waals surface area contributed by atoms with E-state index in [9.17, 15) is 15.0 Å². The number of carbonyl (C=O) groups is 1. The number of aromatic carboxylic acids is 1. The van der Waals surface area contributed by atoms with Crippen molar-refractivity contribution in [1.82, 2.24) is 4.98 Å². The van der Waals surface area contributed by atoms with Crippen molar-refractivity contribution in [3.63, 3.8) is 0 Å². The molecule has 0 aliphatic rings. The van der Waals surface area contributed by atoms with Gasteiger partial charge in [0.25, 0.3) is 0 Å². The molecule has 0 radical (unpaired) electrons. The van der Waals surface area contributed by atoms with Gasteiger partial charge in [0.2, 0.25) is 0 Å². The van der Waals surface area contributed by atoms with Crippen molar-refractivity contribution < 1.29 is 15.0 Å². The van der Waals surface area contributed by atoms with Gasteiger partial charge in [-0.3, -0.25) is 4.98 Å². The molecule has 106 valence electrons. The molecule has 2 atom stereocenters. The van der Waals surface area contributed by atoms with E-state index in [1.54, 1.807) is 24.8 Å². The normalized spacial score (nSPS) is 13.9. The minimum absolute atomic E-state index is 0.00965. The number of carboxylic acid groups (broad SMARTS) is 1. The standard InChI is InChI=1S/C13H20N2O3S/c1-7-5-10(12(13(17)18)9(3)14-7)15-8(2)11(6-16)19-4/h5,8,11,16H,6H2,1-4H3,(H,14,15)(H,17,18). The average molecular weight is 284 g/mol. The maximum absolute atomic E-state index is 11.3. The highest BCUT2D eigenvalue weighted by Gasteiger charge is 2.20. The zero-order valence-electron chi connectivity index (χ0n) is 11.6. The van der Waals surface area contributed by atoms with Gasteiger partial charge in [0.15, 0.2) is 0 Å². The number of rotatable bonds is 6. The second-order valence-electron chi connectivity index (χ2n) is 4.47. The van der Waals surface area contributed by atoms with Gasteiger partial charge in [-0.1, -0.05) is 0 Å². The summed E-state index contributed by atoms with van der Waals surface area (Å²) in [5.41, 5.74) is 2.00. The van der Waals surface area contributed by atoms with Gasteiger partial charge in [-0.15, -0.1) is 0 Å². The van der Waals surface area contributed by atoms with Crippen molar-refractivity contribution >= 4 is 23.4 Å². The summed E-state index contributed by atoms with van der Waals surface area (Å²) in [7, 11) is 0. The lowest BCUT2D eigenvalue weighted by Crippen LogP contribution is -2.31.